The Bertz CT molecular complexity index is 3150. The van der Waals surface area contributed by atoms with Crippen LogP contribution in [0.1, 0.15) is 136 Å². The molecule has 0 bridgehead atoms. The minimum atomic E-state index is -1.42. The number of fused-ring (bicyclic) bond motifs is 2. The summed E-state index contributed by atoms with van der Waals surface area (Å²) in [6.07, 6.45) is 12.3. The SMILES string of the molecule is CC=O.[2H][C@@](Cc1ccc2ncnc(NCC(C)(C)C)c2c1)(c1ccc(F)cc1)c1cn(C2CC2)nn1.[2H][C@@](c1ccc(F)cc1)(c1cn(C2CC2)nn1)N(CC)c1ccc2ncnc(NCC(C)(C)C)c2c1. The van der Waals surface area contributed by atoms with Gasteiger partial charge in [-0.25, -0.2) is 38.1 Å². The van der Waals surface area contributed by atoms with Gasteiger partial charge in [0.25, 0.3) is 0 Å². The van der Waals surface area contributed by atoms with Gasteiger partial charge in [-0.2, -0.15) is 0 Å². The summed E-state index contributed by atoms with van der Waals surface area (Å²) in [7, 11) is 0. The molecule has 370 valence electrons. The van der Waals surface area contributed by atoms with Crippen molar-refractivity contribution in [2.45, 2.75) is 111 Å². The molecule has 0 radical (unpaired) electrons. The highest BCUT2D eigenvalue weighted by molar-refractivity contribution is 5.92. The van der Waals surface area contributed by atoms with Crippen molar-refractivity contribution in [1.29, 1.82) is 0 Å². The summed E-state index contributed by atoms with van der Waals surface area (Å²) in [5, 5.41) is 26.1. The quantitative estimate of drug-likeness (QED) is 0.0939. The molecule has 0 unspecified atom stereocenters. The number of anilines is 3. The monoisotopic (exact) mass is 964 g/mol. The molecule has 2 N–H and O–H groups in total. The van der Waals surface area contributed by atoms with Gasteiger partial charge in [0.1, 0.15) is 53.9 Å². The van der Waals surface area contributed by atoms with E-state index in [1.54, 1.807) is 36.9 Å². The third-order valence-electron chi connectivity index (χ3n) is 11.9. The molecule has 0 spiro atoms. The van der Waals surface area contributed by atoms with Crippen molar-refractivity contribution in [1.82, 2.24) is 49.9 Å². The van der Waals surface area contributed by atoms with Crippen LogP contribution in [-0.2, 0) is 11.2 Å². The van der Waals surface area contributed by atoms with Crippen molar-refractivity contribution in [2.75, 3.05) is 35.2 Å². The number of rotatable bonds is 15. The van der Waals surface area contributed by atoms with E-state index in [1.807, 2.05) is 70.0 Å². The Morgan fingerprint density at radius 1 is 0.690 bits per heavy atom. The second kappa shape index (κ2) is 21.8. The topological polar surface area (TPSA) is 157 Å². The fraction of sp³-hybridized carbons (Fsp3) is 0.400. The van der Waals surface area contributed by atoms with Crippen LogP contribution in [0.15, 0.2) is 110 Å². The summed E-state index contributed by atoms with van der Waals surface area (Å²) in [6.45, 7) is 18.5. The number of hydrogen-bond acceptors (Lipinski definition) is 12. The van der Waals surface area contributed by atoms with E-state index in [0.29, 0.717) is 47.6 Å². The first-order valence-electron chi connectivity index (χ1n) is 25.3. The van der Waals surface area contributed by atoms with E-state index in [9.17, 15) is 11.5 Å². The van der Waals surface area contributed by atoms with Crippen LogP contribution in [0, 0.1) is 22.5 Å². The molecule has 14 nitrogen and oxygen atoms in total. The first-order valence-corrected chi connectivity index (χ1v) is 24.3. The summed E-state index contributed by atoms with van der Waals surface area (Å²) in [6, 6.07) is 23.4. The summed E-state index contributed by atoms with van der Waals surface area (Å²) in [5.74, 6) is -0.361. The summed E-state index contributed by atoms with van der Waals surface area (Å²) in [5.41, 5.74) is 5.94. The number of carbonyl (C=O) groups is 1. The van der Waals surface area contributed by atoms with Crippen molar-refractivity contribution >= 4 is 45.4 Å². The van der Waals surface area contributed by atoms with Crippen molar-refractivity contribution < 1.29 is 16.3 Å². The van der Waals surface area contributed by atoms with E-state index in [-0.39, 0.29) is 22.5 Å². The second-order valence-corrected chi connectivity index (χ2v) is 20.5. The molecule has 2 saturated carbocycles. The zero-order valence-corrected chi connectivity index (χ0v) is 41.9. The minimum Gasteiger partial charge on any atom is -0.369 e. The van der Waals surface area contributed by atoms with Crippen molar-refractivity contribution in [3.63, 3.8) is 0 Å². The molecule has 10 rings (SSSR count). The molecule has 2 aliphatic carbocycles. The highest BCUT2D eigenvalue weighted by Gasteiger charge is 2.30. The van der Waals surface area contributed by atoms with Crippen LogP contribution in [-0.4, -0.2) is 75.8 Å². The Labute approximate surface area is 417 Å². The Kier molecular flexibility index (Phi) is 14.6. The molecule has 2 aliphatic rings. The van der Waals surface area contributed by atoms with E-state index in [0.717, 1.165) is 89.8 Å². The number of aromatic nitrogens is 10. The van der Waals surface area contributed by atoms with Gasteiger partial charge < -0.3 is 20.3 Å². The molecule has 71 heavy (non-hydrogen) atoms. The third kappa shape index (κ3) is 13.2. The van der Waals surface area contributed by atoms with Gasteiger partial charge >= 0.3 is 0 Å². The molecule has 0 amide bonds. The van der Waals surface area contributed by atoms with E-state index >= 15 is 0 Å². The van der Waals surface area contributed by atoms with Gasteiger partial charge in [0.15, 0.2) is 0 Å². The largest absolute Gasteiger partial charge is 0.369 e. The standard InChI is InChI=1S/C27H32FN7.C26H29FN6.C2H4O/c1-5-34(21-12-13-23-22(14-21)26(31-17-30-23)29-16-27(2,3)4)25(18-6-8-19(28)9-7-18)24-15-35(33-32-24)20-10-11-20;1-26(2,3)15-28-25-22-13-17(4-11-23(22)29-16-30-25)12-21(18-5-7-19(27)8-6-18)24-14-33(32-31-24)20-9-10-20;1-2-3/h6-9,12-15,17,20,25H,5,10-11,16H2,1-4H3,(H,29,30,31);4-8,11,13-14,16,20-21H,9-10,12,15H2,1-3H3,(H,28,29,30);2H,1H3/t25-;21-;/m11./s1/i25D;21D;. The summed E-state index contributed by atoms with van der Waals surface area (Å²) < 4.78 is 50.6. The Morgan fingerprint density at radius 2 is 1.17 bits per heavy atom. The maximum absolute atomic E-state index is 13.8. The lowest BCUT2D eigenvalue weighted by Crippen LogP contribution is -2.29. The Morgan fingerprint density at radius 3 is 1.68 bits per heavy atom. The van der Waals surface area contributed by atoms with Crippen molar-refractivity contribution in [3.05, 3.63) is 150 Å². The van der Waals surface area contributed by atoms with Gasteiger partial charge in [0, 0.05) is 49.6 Å². The second-order valence-electron chi connectivity index (χ2n) is 20.5. The van der Waals surface area contributed by atoms with Gasteiger partial charge in [0.05, 0.1) is 36.4 Å². The van der Waals surface area contributed by atoms with Crippen LogP contribution in [0.4, 0.5) is 26.1 Å². The number of benzene rings is 4. The molecular weight excluding hydrogens is 897 g/mol. The number of nitrogens with one attached hydrogen (secondary N) is 2. The minimum absolute atomic E-state index is 0.0800. The van der Waals surface area contributed by atoms with Gasteiger partial charge in [-0.3, -0.25) is 0 Å². The lowest BCUT2D eigenvalue weighted by Gasteiger charge is -2.32. The van der Waals surface area contributed by atoms with Crippen molar-refractivity contribution in [2.24, 2.45) is 10.8 Å². The van der Waals surface area contributed by atoms with Gasteiger partial charge in [-0.15, -0.1) is 10.2 Å². The van der Waals surface area contributed by atoms with E-state index in [4.69, 9.17) is 4.79 Å². The molecule has 2 atom stereocenters. The van der Waals surface area contributed by atoms with Crippen LogP contribution in [0.25, 0.3) is 21.8 Å². The zero-order valence-electron chi connectivity index (χ0n) is 43.9. The number of hydrogen-bond donors (Lipinski definition) is 2. The maximum atomic E-state index is 13.8. The Balaban J connectivity index is 0.000000185. The first kappa shape index (κ1) is 47.4. The predicted molar refractivity (Wildman–Crippen MR) is 276 cm³/mol. The normalized spacial score (nSPS) is 15.7. The average molecular weight is 964 g/mol. The van der Waals surface area contributed by atoms with E-state index in [1.165, 1.54) is 31.2 Å². The number of aldehydes is 1. The first-order chi connectivity index (χ1) is 34.8. The highest BCUT2D eigenvalue weighted by atomic mass is 19.1. The Hall–Kier alpha value is -7.23. The lowest BCUT2D eigenvalue weighted by atomic mass is 9.89. The van der Waals surface area contributed by atoms with Crippen molar-refractivity contribution in [3.8, 4) is 0 Å². The molecule has 4 aromatic carbocycles. The van der Waals surface area contributed by atoms with Crippen LogP contribution in [0.2, 0.25) is 0 Å². The van der Waals surface area contributed by atoms with Gasteiger partial charge in [0.2, 0.25) is 0 Å². The fourth-order valence-corrected chi connectivity index (χ4v) is 7.96. The van der Waals surface area contributed by atoms with Crippen LogP contribution in [0.5, 0.6) is 0 Å². The maximum Gasteiger partial charge on any atom is 0.137 e. The van der Waals surface area contributed by atoms with Crippen LogP contribution >= 0.6 is 0 Å². The smallest absolute Gasteiger partial charge is 0.137 e. The van der Waals surface area contributed by atoms with Gasteiger partial charge in [-0.05, 0) is 128 Å². The molecule has 4 aromatic heterocycles. The average Bonchev–Trinajstić information content (AvgIpc) is 4.29. The molecule has 4 heterocycles. The van der Waals surface area contributed by atoms with E-state index < -0.39 is 11.9 Å². The lowest BCUT2D eigenvalue weighted by molar-refractivity contribution is -0.106. The molecule has 2 fully saturated rings. The van der Waals surface area contributed by atoms with Crippen LogP contribution in [0.3, 0.4) is 0 Å². The highest BCUT2D eigenvalue weighted by Crippen LogP contribution is 2.39. The number of nitrogens with zero attached hydrogens (tertiary/aromatic N) is 11. The van der Waals surface area contributed by atoms with Gasteiger partial charge in [-0.1, -0.05) is 82.3 Å². The molecule has 8 aromatic rings. The molecule has 16 heteroatoms. The summed E-state index contributed by atoms with van der Waals surface area (Å²) in [4.78, 5) is 28.6. The predicted octanol–water partition coefficient (Wildman–Crippen LogP) is 11.5. The number of carbonyl (C=O) groups excluding carboxylic acids is 1. The van der Waals surface area contributed by atoms with Crippen LogP contribution < -0.4 is 15.5 Å². The fourth-order valence-electron chi connectivity index (χ4n) is 7.96. The zero-order chi connectivity index (χ0) is 52.1. The summed E-state index contributed by atoms with van der Waals surface area (Å²) >= 11 is 0. The molecular formula is C55H65F2N13O. The van der Waals surface area contributed by atoms with E-state index in [2.05, 4.69) is 92.7 Å². The molecule has 0 saturated heterocycles. The molecule has 0 aliphatic heterocycles. The third-order valence-corrected chi connectivity index (χ3v) is 11.9. The number of halogens is 2.